The fourth-order valence-corrected chi connectivity index (χ4v) is 1.63. The Morgan fingerprint density at radius 3 is 2.88 bits per heavy atom. The zero-order chi connectivity index (χ0) is 11.4. The second-order valence-electron chi connectivity index (χ2n) is 3.00. The van der Waals surface area contributed by atoms with E-state index in [9.17, 15) is 0 Å². The SMILES string of the molecule is COc1cc(CN)ccc1Oc1ncns1. The molecule has 0 radical (unpaired) electrons. The molecule has 2 N–H and O–H groups in total. The fraction of sp³-hybridized carbons (Fsp3) is 0.200. The predicted octanol–water partition coefficient (Wildman–Crippen LogP) is 1.80. The van der Waals surface area contributed by atoms with Gasteiger partial charge in [-0.2, -0.15) is 9.36 Å². The van der Waals surface area contributed by atoms with Crippen LogP contribution in [0.25, 0.3) is 0 Å². The van der Waals surface area contributed by atoms with Crippen molar-refractivity contribution in [1.82, 2.24) is 9.36 Å². The summed E-state index contributed by atoms with van der Waals surface area (Å²) in [6, 6.07) is 5.54. The summed E-state index contributed by atoms with van der Waals surface area (Å²) < 4.78 is 14.6. The molecule has 0 unspecified atom stereocenters. The van der Waals surface area contributed by atoms with Crippen LogP contribution in [0.5, 0.6) is 16.7 Å². The number of hydrogen-bond acceptors (Lipinski definition) is 6. The third-order valence-electron chi connectivity index (χ3n) is 2.00. The minimum atomic E-state index is 0.468. The maximum absolute atomic E-state index is 5.54. The second-order valence-corrected chi connectivity index (χ2v) is 3.74. The molecule has 6 heteroatoms. The van der Waals surface area contributed by atoms with Crippen molar-refractivity contribution in [3.63, 3.8) is 0 Å². The molecule has 0 bridgehead atoms. The maximum atomic E-state index is 5.54. The summed E-state index contributed by atoms with van der Waals surface area (Å²) in [7, 11) is 1.59. The summed E-state index contributed by atoms with van der Waals surface area (Å²) in [4.78, 5) is 3.93. The second kappa shape index (κ2) is 4.91. The van der Waals surface area contributed by atoms with Crippen LogP contribution < -0.4 is 15.2 Å². The van der Waals surface area contributed by atoms with Gasteiger partial charge >= 0.3 is 0 Å². The highest BCUT2D eigenvalue weighted by molar-refractivity contribution is 7.07. The van der Waals surface area contributed by atoms with Crippen molar-refractivity contribution in [3.05, 3.63) is 30.1 Å². The highest BCUT2D eigenvalue weighted by atomic mass is 32.1. The van der Waals surface area contributed by atoms with Crippen molar-refractivity contribution >= 4 is 11.5 Å². The molecule has 0 fully saturated rings. The van der Waals surface area contributed by atoms with Crippen LogP contribution in [0.3, 0.4) is 0 Å². The van der Waals surface area contributed by atoms with Crippen molar-refractivity contribution in [2.24, 2.45) is 5.73 Å². The van der Waals surface area contributed by atoms with Crippen LogP contribution in [0, 0.1) is 0 Å². The summed E-state index contributed by atoms with van der Waals surface area (Å²) in [5.41, 5.74) is 6.53. The van der Waals surface area contributed by atoms with E-state index in [1.165, 1.54) is 17.9 Å². The smallest absolute Gasteiger partial charge is 0.298 e. The Morgan fingerprint density at radius 2 is 2.25 bits per heavy atom. The quantitative estimate of drug-likeness (QED) is 0.878. The molecular formula is C10H11N3O2S. The molecule has 1 aromatic heterocycles. The Balaban J connectivity index is 2.26. The first kappa shape index (κ1) is 10.8. The molecule has 2 rings (SSSR count). The van der Waals surface area contributed by atoms with E-state index >= 15 is 0 Å². The molecular weight excluding hydrogens is 226 g/mol. The van der Waals surface area contributed by atoms with E-state index in [2.05, 4.69) is 9.36 Å². The number of rotatable bonds is 4. The van der Waals surface area contributed by atoms with Gasteiger partial charge in [0.05, 0.1) is 7.11 Å². The van der Waals surface area contributed by atoms with Crippen LogP contribution in [0.2, 0.25) is 0 Å². The lowest BCUT2D eigenvalue weighted by molar-refractivity contribution is 0.377. The van der Waals surface area contributed by atoms with Gasteiger partial charge in [-0.05, 0) is 17.7 Å². The average Bonchev–Trinajstić information content (AvgIpc) is 2.82. The number of aromatic nitrogens is 2. The normalized spacial score (nSPS) is 10.1. The van der Waals surface area contributed by atoms with Crippen LogP contribution in [0.15, 0.2) is 24.5 Å². The summed E-state index contributed by atoms with van der Waals surface area (Å²) >= 11 is 1.18. The van der Waals surface area contributed by atoms with Crippen LogP contribution in [-0.2, 0) is 6.54 Å². The van der Waals surface area contributed by atoms with Gasteiger partial charge in [0.1, 0.15) is 6.33 Å². The standard InChI is InChI=1S/C10H11N3O2S/c1-14-9-4-7(5-11)2-3-8(9)15-10-12-6-13-16-10/h2-4,6H,5,11H2,1H3. The van der Waals surface area contributed by atoms with Crippen molar-refractivity contribution in [1.29, 1.82) is 0 Å². The Morgan fingerprint density at radius 1 is 1.38 bits per heavy atom. The molecule has 0 atom stereocenters. The van der Waals surface area contributed by atoms with Crippen LogP contribution in [-0.4, -0.2) is 16.5 Å². The van der Waals surface area contributed by atoms with Crippen LogP contribution in [0.1, 0.15) is 5.56 Å². The van der Waals surface area contributed by atoms with Gasteiger partial charge in [0, 0.05) is 18.1 Å². The van der Waals surface area contributed by atoms with Gasteiger partial charge in [-0.3, -0.25) is 0 Å². The summed E-state index contributed by atoms with van der Waals surface area (Å²) in [6.45, 7) is 0.468. The lowest BCUT2D eigenvalue weighted by Crippen LogP contribution is -1.97. The zero-order valence-corrected chi connectivity index (χ0v) is 9.53. The molecule has 2 aromatic rings. The average molecular weight is 237 g/mol. The van der Waals surface area contributed by atoms with Gasteiger partial charge in [0.15, 0.2) is 11.5 Å². The molecule has 0 saturated heterocycles. The molecule has 0 spiro atoms. The highest BCUT2D eigenvalue weighted by Crippen LogP contribution is 2.32. The van der Waals surface area contributed by atoms with Crippen LogP contribution >= 0.6 is 11.5 Å². The van der Waals surface area contributed by atoms with E-state index in [0.29, 0.717) is 23.2 Å². The van der Waals surface area contributed by atoms with Gasteiger partial charge in [-0.25, -0.2) is 0 Å². The van der Waals surface area contributed by atoms with E-state index in [1.807, 2.05) is 18.2 Å². The summed E-state index contributed by atoms with van der Waals surface area (Å²) in [6.07, 6.45) is 1.45. The maximum Gasteiger partial charge on any atom is 0.298 e. The topological polar surface area (TPSA) is 70.3 Å². The minimum absolute atomic E-state index is 0.468. The molecule has 16 heavy (non-hydrogen) atoms. The Bertz CT molecular complexity index is 459. The van der Waals surface area contributed by atoms with Gasteiger partial charge in [0.2, 0.25) is 0 Å². The number of methoxy groups -OCH3 is 1. The number of hydrogen-bond donors (Lipinski definition) is 1. The first-order valence-electron chi connectivity index (χ1n) is 4.65. The van der Waals surface area contributed by atoms with E-state index in [-0.39, 0.29) is 0 Å². The lowest BCUT2D eigenvalue weighted by atomic mass is 10.2. The summed E-state index contributed by atoms with van der Waals surface area (Å²) in [5, 5.41) is 0.485. The molecule has 0 aliphatic heterocycles. The first-order chi connectivity index (χ1) is 7.83. The third kappa shape index (κ3) is 2.29. The minimum Gasteiger partial charge on any atom is -0.493 e. The Kier molecular flexibility index (Phi) is 3.33. The van der Waals surface area contributed by atoms with Gasteiger partial charge in [-0.15, -0.1) is 0 Å². The number of nitrogens with two attached hydrogens (primary N) is 1. The van der Waals surface area contributed by atoms with Gasteiger partial charge in [0.25, 0.3) is 5.19 Å². The van der Waals surface area contributed by atoms with E-state index < -0.39 is 0 Å². The fourth-order valence-electron chi connectivity index (χ4n) is 1.23. The van der Waals surface area contributed by atoms with Crippen molar-refractivity contribution in [2.45, 2.75) is 6.54 Å². The Hall–Kier alpha value is -1.66. The first-order valence-corrected chi connectivity index (χ1v) is 5.42. The third-order valence-corrected chi connectivity index (χ3v) is 2.55. The Labute approximate surface area is 97.0 Å². The summed E-state index contributed by atoms with van der Waals surface area (Å²) in [5.74, 6) is 1.25. The number of ether oxygens (including phenoxy) is 2. The van der Waals surface area contributed by atoms with Gasteiger partial charge in [-0.1, -0.05) is 6.07 Å². The van der Waals surface area contributed by atoms with E-state index in [1.54, 1.807) is 7.11 Å². The van der Waals surface area contributed by atoms with Crippen molar-refractivity contribution < 1.29 is 9.47 Å². The van der Waals surface area contributed by atoms with Crippen LogP contribution in [0.4, 0.5) is 0 Å². The zero-order valence-electron chi connectivity index (χ0n) is 8.71. The number of benzene rings is 1. The molecule has 84 valence electrons. The predicted molar refractivity (Wildman–Crippen MR) is 60.9 cm³/mol. The monoisotopic (exact) mass is 237 g/mol. The number of nitrogens with zero attached hydrogens (tertiary/aromatic N) is 2. The molecule has 0 aliphatic carbocycles. The lowest BCUT2D eigenvalue weighted by Gasteiger charge is -2.08. The van der Waals surface area contributed by atoms with E-state index in [0.717, 1.165) is 5.56 Å². The molecule has 1 aromatic carbocycles. The molecule has 0 amide bonds. The van der Waals surface area contributed by atoms with E-state index in [4.69, 9.17) is 15.2 Å². The van der Waals surface area contributed by atoms with Crippen molar-refractivity contribution in [3.8, 4) is 16.7 Å². The molecule has 5 nitrogen and oxygen atoms in total. The van der Waals surface area contributed by atoms with Crippen molar-refractivity contribution in [2.75, 3.05) is 7.11 Å². The largest absolute Gasteiger partial charge is 0.493 e. The van der Waals surface area contributed by atoms with Gasteiger partial charge < -0.3 is 15.2 Å². The highest BCUT2D eigenvalue weighted by Gasteiger charge is 2.08. The molecule has 0 saturated carbocycles. The molecule has 1 heterocycles. The molecule has 0 aliphatic rings.